The molecular formula is C23H31N3O5. The first kappa shape index (κ1) is 22.6. The SMILES string of the molecule is COc1ccc(N2CCN(CC(=O)NCc3cc(OC)c(OC)cc3OC)CC2)cc1. The number of carbonyl (C=O) groups is 1. The van der Waals surface area contributed by atoms with Crippen LogP contribution in [0, 0.1) is 0 Å². The summed E-state index contributed by atoms with van der Waals surface area (Å²) in [6.45, 7) is 4.14. The van der Waals surface area contributed by atoms with Gasteiger partial charge < -0.3 is 29.2 Å². The largest absolute Gasteiger partial charge is 0.497 e. The summed E-state index contributed by atoms with van der Waals surface area (Å²) >= 11 is 0. The predicted molar refractivity (Wildman–Crippen MR) is 120 cm³/mol. The summed E-state index contributed by atoms with van der Waals surface area (Å²) in [6.07, 6.45) is 0. The molecule has 168 valence electrons. The van der Waals surface area contributed by atoms with Crippen LogP contribution in [0.15, 0.2) is 36.4 Å². The second-order valence-electron chi connectivity index (χ2n) is 7.26. The molecule has 31 heavy (non-hydrogen) atoms. The van der Waals surface area contributed by atoms with Gasteiger partial charge in [0.2, 0.25) is 5.91 Å². The van der Waals surface area contributed by atoms with Crippen LogP contribution in [0.25, 0.3) is 0 Å². The third-order valence-electron chi connectivity index (χ3n) is 5.44. The Hall–Kier alpha value is -3.13. The average molecular weight is 430 g/mol. The second kappa shape index (κ2) is 10.8. The summed E-state index contributed by atoms with van der Waals surface area (Å²) in [5.41, 5.74) is 2.00. The highest BCUT2D eigenvalue weighted by Gasteiger charge is 2.20. The molecule has 0 spiro atoms. The number of hydrogen-bond donors (Lipinski definition) is 1. The maximum absolute atomic E-state index is 12.5. The van der Waals surface area contributed by atoms with Crippen molar-refractivity contribution in [2.75, 3.05) is 66.1 Å². The number of anilines is 1. The number of ether oxygens (including phenoxy) is 4. The van der Waals surface area contributed by atoms with Crippen molar-refractivity contribution >= 4 is 11.6 Å². The van der Waals surface area contributed by atoms with E-state index in [1.165, 1.54) is 5.69 Å². The number of carbonyl (C=O) groups excluding carboxylic acids is 1. The Labute approximate surface area is 183 Å². The molecule has 8 nitrogen and oxygen atoms in total. The average Bonchev–Trinajstić information content (AvgIpc) is 2.82. The normalized spacial score (nSPS) is 14.1. The van der Waals surface area contributed by atoms with Crippen molar-refractivity contribution in [1.29, 1.82) is 0 Å². The fraction of sp³-hybridized carbons (Fsp3) is 0.435. The molecule has 2 aromatic carbocycles. The van der Waals surface area contributed by atoms with Crippen LogP contribution in [0.5, 0.6) is 23.0 Å². The van der Waals surface area contributed by atoms with Crippen LogP contribution >= 0.6 is 0 Å². The van der Waals surface area contributed by atoms with E-state index >= 15 is 0 Å². The lowest BCUT2D eigenvalue weighted by molar-refractivity contribution is -0.122. The summed E-state index contributed by atoms with van der Waals surface area (Å²) in [6, 6.07) is 11.7. The van der Waals surface area contributed by atoms with Crippen LogP contribution in [0.1, 0.15) is 5.56 Å². The third-order valence-corrected chi connectivity index (χ3v) is 5.44. The third kappa shape index (κ3) is 5.73. The molecular weight excluding hydrogens is 398 g/mol. The first-order chi connectivity index (χ1) is 15.1. The summed E-state index contributed by atoms with van der Waals surface area (Å²) in [7, 11) is 6.42. The van der Waals surface area contributed by atoms with Gasteiger partial charge in [-0.05, 0) is 30.3 Å². The van der Waals surface area contributed by atoms with Crippen LogP contribution in [-0.2, 0) is 11.3 Å². The van der Waals surface area contributed by atoms with E-state index in [4.69, 9.17) is 18.9 Å². The second-order valence-corrected chi connectivity index (χ2v) is 7.26. The molecule has 0 aliphatic carbocycles. The number of nitrogens with one attached hydrogen (secondary N) is 1. The van der Waals surface area contributed by atoms with Gasteiger partial charge in [-0.1, -0.05) is 0 Å². The number of piperazine rings is 1. The number of methoxy groups -OCH3 is 4. The molecule has 1 fully saturated rings. The van der Waals surface area contributed by atoms with E-state index in [0.717, 1.165) is 37.5 Å². The molecule has 3 rings (SSSR count). The van der Waals surface area contributed by atoms with Gasteiger partial charge in [0.25, 0.3) is 0 Å². The van der Waals surface area contributed by atoms with Crippen LogP contribution in [0.4, 0.5) is 5.69 Å². The molecule has 0 unspecified atom stereocenters. The minimum Gasteiger partial charge on any atom is -0.497 e. The van der Waals surface area contributed by atoms with Gasteiger partial charge in [0.1, 0.15) is 11.5 Å². The van der Waals surface area contributed by atoms with Gasteiger partial charge in [-0.3, -0.25) is 9.69 Å². The van der Waals surface area contributed by atoms with Gasteiger partial charge in [0.15, 0.2) is 11.5 Å². The predicted octanol–water partition coefficient (Wildman–Crippen LogP) is 2.16. The molecule has 1 aliphatic heterocycles. The molecule has 0 aromatic heterocycles. The topological polar surface area (TPSA) is 72.5 Å². The molecule has 0 saturated carbocycles. The van der Waals surface area contributed by atoms with E-state index in [1.807, 2.05) is 18.2 Å². The molecule has 0 radical (unpaired) electrons. The van der Waals surface area contributed by atoms with Crippen molar-refractivity contribution in [1.82, 2.24) is 10.2 Å². The van der Waals surface area contributed by atoms with E-state index in [-0.39, 0.29) is 5.91 Å². The van der Waals surface area contributed by atoms with E-state index < -0.39 is 0 Å². The zero-order valence-corrected chi connectivity index (χ0v) is 18.6. The molecule has 1 N–H and O–H groups in total. The molecule has 8 heteroatoms. The van der Waals surface area contributed by atoms with Gasteiger partial charge in [-0.25, -0.2) is 0 Å². The van der Waals surface area contributed by atoms with Gasteiger partial charge in [-0.15, -0.1) is 0 Å². The highest BCUT2D eigenvalue weighted by Crippen LogP contribution is 2.34. The smallest absolute Gasteiger partial charge is 0.234 e. The lowest BCUT2D eigenvalue weighted by Crippen LogP contribution is -2.49. The molecule has 1 heterocycles. The molecule has 1 saturated heterocycles. The zero-order valence-electron chi connectivity index (χ0n) is 18.6. The van der Waals surface area contributed by atoms with Crippen molar-refractivity contribution in [2.45, 2.75) is 6.54 Å². The van der Waals surface area contributed by atoms with Crippen molar-refractivity contribution in [2.24, 2.45) is 0 Å². The van der Waals surface area contributed by atoms with Gasteiger partial charge in [0.05, 0.1) is 35.0 Å². The number of hydrogen-bond acceptors (Lipinski definition) is 7. The molecule has 1 amide bonds. The number of nitrogens with zero attached hydrogens (tertiary/aromatic N) is 2. The van der Waals surface area contributed by atoms with Crippen LogP contribution in [0.3, 0.4) is 0 Å². The Bertz CT molecular complexity index is 864. The number of benzene rings is 2. The van der Waals surface area contributed by atoms with Crippen molar-refractivity contribution in [3.05, 3.63) is 42.0 Å². The molecule has 2 aromatic rings. The minimum atomic E-state index is -0.0188. The Morgan fingerprint density at radius 3 is 2.03 bits per heavy atom. The quantitative estimate of drug-likeness (QED) is 0.655. The fourth-order valence-corrected chi connectivity index (χ4v) is 3.64. The first-order valence-electron chi connectivity index (χ1n) is 10.2. The molecule has 0 bridgehead atoms. The van der Waals surface area contributed by atoms with E-state index in [0.29, 0.717) is 30.3 Å². The Balaban J connectivity index is 1.49. The lowest BCUT2D eigenvalue weighted by atomic mass is 10.1. The van der Waals surface area contributed by atoms with Gasteiger partial charge in [-0.2, -0.15) is 0 Å². The van der Waals surface area contributed by atoms with Gasteiger partial charge in [0, 0.05) is 50.0 Å². The van der Waals surface area contributed by atoms with E-state index in [1.54, 1.807) is 34.5 Å². The van der Waals surface area contributed by atoms with E-state index in [9.17, 15) is 4.79 Å². The summed E-state index contributed by atoms with van der Waals surface area (Å²) in [4.78, 5) is 17.0. The van der Waals surface area contributed by atoms with E-state index in [2.05, 4.69) is 27.2 Å². The molecule has 0 atom stereocenters. The van der Waals surface area contributed by atoms with Crippen LogP contribution in [0.2, 0.25) is 0 Å². The highest BCUT2D eigenvalue weighted by molar-refractivity contribution is 5.78. The Morgan fingerprint density at radius 2 is 1.45 bits per heavy atom. The van der Waals surface area contributed by atoms with Crippen LogP contribution in [-0.4, -0.2) is 72.0 Å². The van der Waals surface area contributed by atoms with Crippen LogP contribution < -0.4 is 29.2 Å². The maximum atomic E-state index is 12.5. The number of rotatable bonds is 9. The summed E-state index contributed by atoms with van der Waals surface area (Å²) in [5, 5.41) is 2.98. The maximum Gasteiger partial charge on any atom is 0.234 e. The first-order valence-corrected chi connectivity index (χ1v) is 10.2. The molecule has 1 aliphatic rings. The van der Waals surface area contributed by atoms with Crippen molar-refractivity contribution < 1.29 is 23.7 Å². The highest BCUT2D eigenvalue weighted by atomic mass is 16.5. The van der Waals surface area contributed by atoms with Crippen molar-refractivity contribution in [3.8, 4) is 23.0 Å². The van der Waals surface area contributed by atoms with Crippen molar-refractivity contribution in [3.63, 3.8) is 0 Å². The Morgan fingerprint density at radius 1 is 0.839 bits per heavy atom. The monoisotopic (exact) mass is 429 g/mol. The number of amides is 1. The zero-order chi connectivity index (χ0) is 22.2. The lowest BCUT2D eigenvalue weighted by Gasteiger charge is -2.35. The standard InChI is InChI=1S/C23H31N3O5/c1-28-19-7-5-18(6-8-19)26-11-9-25(10-12-26)16-23(27)24-15-17-13-21(30-3)22(31-4)14-20(17)29-2/h5-8,13-14H,9-12,15-16H2,1-4H3,(H,24,27). The minimum absolute atomic E-state index is 0.0188. The summed E-state index contributed by atoms with van der Waals surface area (Å²) in [5.74, 6) is 2.66. The summed E-state index contributed by atoms with van der Waals surface area (Å²) < 4.78 is 21.3. The Kier molecular flexibility index (Phi) is 7.83. The fourth-order valence-electron chi connectivity index (χ4n) is 3.64. The van der Waals surface area contributed by atoms with Gasteiger partial charge >= 0.3 is 0 Å².